The fourth-order valence-corrected chi connectivity index (χ4v) is 1.73. The van der Waals surface area contributed by atoms with Crippen molar-refractivity contribution in [2.75, 3.05) is 19.4 Å². The predicted octanol–water partition coefficient (Wildman–Crippen LogP) is 0.723. The molecule has 1 aromatic heterocycles. The molecule has 1 heterocycles. The Balaban J connectivity index is 2.67. The Labute approximate surface area is 118 Å². The molecule has 0 atom stereocenters. The summed E-state index contributed by atoms with van der Waals surface area (Å²) >= 11 is 0. The van der Waals surface area contributed by atoms with E-state index in [1.54, 1.807) is 11.5 Å². The highest BCUT2D eigenvalue weighted by atomic mass is 16.5. The van der Waals surface area contributed by atoms with Crippen LogP contribution in [0, 0.1) is 12.8 Å². The fourth-order valence-electron chi connectivity index (χ4n) is 1.73. The van der Waals surface area contributed by atoms with Gasteiger partial charge in [0.05, 0.1) is 7.11 Å². The maximum absolute atomic E-state index is 11.7. The molecule has 112 valence electrons. The van der Waals surface area contributed by atoms with Gasteiger partial charge in [-0.15, -0.1) is 0 Å². The van der Waals surface area contributed by atoms with E-state index in [0.29, 0.717) is 24.8 Å². The number of carbonyl (C=O) groups is 2. The standard InChI is InChI=1S/C13H22N4O3/c1-8(2)7-15-10(18)5-6-17-9(3)16-11(12(17)14)13(19)20-4/h8H,5-7,14H2,1-4H3,(H,15,18). The van der Waals surface area contributed by atoms with E-state index in [-0.39, 0.29) is 23.8 Å². The SMILES string of the molecule is COC(=O)c1nc(C)n(CCC(=O)NCC(C)C)c1N. The topological polar surface area (TPSA) is 99.2 Å². The van der Waals surface area contributed by atoms with Crippen LogP contribution in [0.4, 0.5) is 5.82 Å². The Bertz CT molecular complexity index is 494. The minimum atomic E-state index is -0.575. The number of anilines is 1. The van der Waals surface area contributed by atoms with E-state index in [4.69, 9.17) is 5.73 Å². The molecule has 1 aromatic rings. The first-order valence-corrected chi connectivity index (χ1v) is 6.54. The van der Waals surface area contributed by atoms with Crippen LogP contribution < -0.4 is 11.1 Å². The zero-order valence-corrected chi connectivity index (χ0v) is 12.4. The second-order valence-electron chi connectivity index (χ2n) is 4.98. The zero-order chi connectivity index (χ0) is 15.3. The highest BCUT2D eigenvalue weighted by molar-refractivity contribution is 5.92. The summed E-state index contributed by atoms with van der Waals surface area (Å²) in [5.41, 5.74) is 5.95. The number of esters is 1. The van der Waals surface area contributed by atoms with Gasteiger partial charge in [-0.2, -0.15) is 0 Å². The number of imidazole rings is 1. The Morgan fingerprint density at radius 1 is 1.45 bits per heavy atom. The normalized spacial score (nSPS) is 10.7. The van der Waals surface area contributed by atoms with E-state index in [0.717, 1.165) is 0 Å². The Hall–Kier alpha value is -2.05. The highest BCUT2D eigenvalue weighted by Gasteiger charge is 2.19. The Kier molecular flexibility index (Phi) is 5.54. The number of hydrogen-bond acceptors (Lipinski definition) is 5. The van der Waals surface area contributed by atoms with Gasteiger partial charge in [0.15, 0.2) is 5.69 Å². The van der Waals surface area contributed by atoms with Gasteiger partial charge in [-0.25, -0.2) is 9.78 Å². The lowest BCUT2D eigenvalue weighted by Crippen LogP contribution is -2.28. The number of nitrogen functional groups attached to an aromatic ring is 1. The third-order valence-corrected chi connectivity index (χ3v) is 2.85. The lowest BCUT2D eigenvalue weighted by Gasteiger charge is -2.09. The monoisotopic (exact) mass is 282 g/mol. The van der Waals surface area contributed by atoms with Crippen molar-refractivity contribution in [3.63, 3.8) is 0 Å². The van der Waals surface area contributed by atoms with Crippen molar-refractivity contribution in [3.05, 3.63) is 11.5 Å². The van der Waals surface area contributed by atoms with Crippen molar-refractivity contribution in [1.82, 2.24) is 14.9 Å². The van der Waals surface area contributed by atoms with E-state index in [1.807, 2.05) is 13.8 Å². The largest absolute Gasteiger partial charge is 0.464 e. The van der Waals surface area contributed by atoms with Crippen LogP contribution >= 0.6 is 0 Å². The molecule has 7 heteroatoms. The van der Waals surface area contributed by atoms with Crippen LogP contribution in [0.2, 0.25) is 0 Å². The van der Waals surface area contributed by atoms with Gasteiger partial charge >= 0.3 is 5.97 Å². The molecule has 0 aliphatic rings. The van der Waals surface area contributed by atoms with Gasteiger partial charge in [-0.3, -0.25) is 4.79 Å². The lowest BCUT2D eigenvalue weighted by atomic mass is 10.2. The number of ether oxygens (including phenoxy) is 1. The molecular weight excluding hydrogens is 260 g/mol. The summed E-state index contributed by atoms with van der Waals surface area (Å²) in [4.78, 5) is 27.2. The third-order valence-electron chi connectivity index (χ3n) is 2.85. The average molecular weight is 282 g/mol. The number of hydrogen-bond donors (Lipinski definition) is 2. The van der Waals surface area contributed by atoms with E-state index in [9.17, 15) is 9.59 Å². The van der Waals surface area contributed by atoms with Crippen molar-refractivity contribution in [3.8, 4) is 0 Å². The minimum absolute atomic E-state index is 0.0502. The Morgan fingerprint density at radius 3 is 2.65 bits per heavy atom. The van der Waals surface area contributed by atoms with Crippen molar-refractivity contribution < 1.29 is 14.3 Å². The molecule has 20 heavy (non-hydrogen) atoms. The molecule has 0 aliphatic carbocycles. The van der Waals surface area contributed by atoms with Gasteiger partial charge in [-0.1, -0.05) is 13.8 Å². The maximum atomic E-state index is 11.7. The molecule has 1 rings (SSSR count). The highest BCUT2D eigenvalue weighted by Crippen LogP contribution is 2.15. The Morgan fingerprint density at radius 2 is 2.10 bits per heavy atom. The molecule has 0 fully saturated rings. The summed E-state index contributed by atoms with van der Waals surface area (Å²) in [5, 5.41) is 2.83. The molecule has 0 radical (unpaired) electrons. The summed E-state index contributed by atoms with van der Waals surface area (Å²) in [6.45, 7) is 6.81. The number of rotatable bonds is 6. The lowest BCUT2D eigenvalue weighted by molar-refractivity contribution is -0.121. The predicted molar refractivity (Wildman–Crippen MR) is 75.2 cm³/mol. The smallest absolute Gasteiger partial charge is 0.360 e. The van der Waals surface area contributed by atoms with Crippen LogP contribution in [0.3, 0.4) is 0 Å². The van der Waals surface area contributed by atoms with Gasteiger partial charge < -0.3 is 20.4 Å². The molecule has 0 unspecified atom stereocenters. The molecule has 0 saturated carbocycles. The molecule has 0 bridgehead atoms. The van der Waals surface area contributed by atoms with Gasteiger partial charge in [0.2, 0.25) is 5.91 Å². The average Bonchev–Trinajstić information content (AvgIpc) is 2.68. The van der Waals surface area contributed by atoms with E-state index in [1.165, 1.54) is 7.11 Å². The summed E-state index contributed by atoms with van der Waals surface area (Å²) in [6, 6.07) is 0. The van der Waals surface area contributed by atoms with Gasteiger partial charge in [-0.05, 0) is 12.8 Å². The quantitative estimate of drug-likeness (QED) is 0.749. The first-order valence-electron chi connectivity index (χ1n) is 6.54. The van der Waals surface area contributed by atoms with Crippen molar-refractivity contribution in [2.24, 2.45) is 5.92 Å². The zero-order valence-electron chi connectivity index (χ0n) is 12.4. The van der Waals surface area contributed by atoms with Crippen LogP contribution in [0.1, 0.15) is 36.6 Å². The molecular formula is C13H22N4O3. The van der Waals surface area contributed by atoms with Gasteiger partial charge in [0.25, 0.3) is 0 Å². The van der Waals surface area contributed by atoms with Crippen LogP contribution in [-0.4, -0.2) is 35.1 Å². The van der Waals surface area contributed by atoms with Crippen LogP contribution in [0.15, 0.2) is 0 Å². The number of carbonyl (C=O) groups excluding carboxylic acids is 2. The number of aromatic nitrogens is 2. The van der Waals surface area contributed by atoms with E-state index in [2.05, 4.69) is 15.0 Å². The summed E-state index contributed by atoms with van der Waals surface area (Å²) < 4.78 is 6.24. The number of methoxy groups -OCH3 is 1. The molecule has 0 aromatic carbocycles. The second-order valence-corrected chi connectivity index (χ2v) is 4.98. The summed E-state index contributed by atoms with van der Waals surface area (Å²) in [6.07, 6.45) is 0.286. The molecule has 0 aliphatic heterocycles. The number of nitrogens with one attached hydrogen (secondary N) is 1. The summed E-state index contributed by atoms with van der Waals surface area (Å²) in [7, 11) is 1.27. The third kappa shape index (κ3) is 3.97. The van der Waals surface area contributed by atoms with E-state index < -0.39 is 5.97 Å². The minimum Gasteiger partial charge on any atom is -0.464 e. The van der Waals surface area contributed by atoms with Crippen LogP contribution in [0.5, 0.6) is 0 Å². The molecule has 1 amide bonds. The van der Waals surface area contributed by atoms with E-state index >= 15 is 0 Å². The van der Waals surface area contributed by atoms with Crippen molar-refractivity contribution in [2.45, 2.75) is 33.7 Å². The van der Waals surface area contributed by atoms with Gasteiger partial charge in [0.1, 0.15) is 11.6 Å². The second kappa shape index (κ2) is 6.93. The number of aryl methyl sites for hydroxylation is 1. The fraction of sp³-hybridized carbons (Fsp3) is 0.615. The first-order chi connectivity index (χ1) is 9.36. The first kappa shape index (κ1) is 16.0. The van der Waals surface area contributed by atoms with Crippen molar-refractivity contribution in [1.29, 1.82) is 0 Å². The number of nitrogens with two attached hydrogens (primary N) is 1. The van der Waals surface area contributed by atoms with Crippen LogP contribution in [0.25, 0.3) is 0 Å². The van der Waals surface area contributed by atoms with Gasteiger partial charge in [0, 0.05) is 19.5 Å². The number of amides is 1. The van der Waals surface area contributed by atoms with Crippen LogP contribution in [-0.2, 0) is 16.1 Å². The maximum Gasteiger partial charge on any atom is 0.360 e. The molecule has 0 saturated heterocycles. The molecule has 3 N–H and O–H groups in total. The van der Waals surface area contributed by atoms with Crippen molar-refractivity contribution >= 4 is 17.7 Å². The number of nitrogens with zero attached hydrogens (tertiary/aromatic N) is 2. The molecule has 7 nitrogen and oxygen atoms in total. The summed E-state index contributed by atoms with van der Waals surface area (Å²) in [5.74, 6) is 0.593. The molecule has 0 spiro atoms.